The molecule has 1 aromatic rings. The molecule has 1 aromatic carbocycles. The smallest absolute Gasteiger partial charge is 0.254 e. The predicted octanol–water partition coefficient (Wildman–Crippen LogP) is 4.01. The van der Waals surface area contributed by atoms with Crippen molar-refractivity contribution in [1.29, 1.82) is 0 Å². The van der Waals surface area contributed by atoms with Crippen LogP contribution in [0.15, 0.2) is 18.2 Å². The van der Waals surface area contributed by atoms with Crippen molar-refractivity contribution < 1.29 is 4.79 Å². The van der Waals surface area contributed by atoms with Crippen LogP contribution in [0.1, 0.15) is 55.8 Å². The lowest BCUT2D eigenvalue weighted by atomic mass is 10.1. The van der Waals surface area contributed by atoms with Crippen molar-refractivity contribution in [3.8, 4) is 0 Å². The molecule has 0 fully saturated rings. The van der Waals surface area contributed by atoms with Gasteiger partial charge in [-0.2, -0.15) is 0 Å². The van der Waals surface area contributed by atoms with Crippen LogP contribution in [0, 0.1) is 0 Å². The van der Waals surface area contributed by atoms with Gasteiger partial charge >= 0.3 is 0 Å². The number of benzene rings is 1. The van der Waals surface area contributed by atoms with Crippen molar-refractivity contribution in [1.82, 2.24) is 5.32 Å². The molecule has 0 saturated carbocycles. The average Bonchev–Trinajstić information content (AvgIpc) is 2.37. The molecule has 0 spiro atoms. The number of nitrogens with one attached hydrogen (secondary N) is 1. The van der Waals surface area contributed by atoms with E-state index < -0.39 is 0 Å². The zero-order valence-corrected chi connectivity index (χ0v) is 12.3. The molecule has 1 amide bonds. The van der Waals surface area contributed by atoms with Crippen LogP contribution in [0.5, 0.6) is 0 Å². The van der Waals surface area contributed by atoms with E-state index in [4.69, 9.17) is 17.3 Å². The van der Waals surface area contributed by atoms with Gasteiger partial charge in [0, 0.05) is 12.2 Å². The fourth-order valence-corrected chi connectivity index (χ4v) is 2.24. The number of hydrogen-bond acceptors (Lipinski definition) is 2. The molecule has 0 atom stereocenters. The van der Waals surface area contributed by atoms with Crippen molar-refractivity contribution in [2.24, 2.45) is 0 Å². The topological polar surface area (TPSA) is 55.1 Å². The van der Waals surface area contributed by atoms with Crippen molar-refractivity contribution in [2.75, 3.05) is 12.3 Å². The fourth-order valence-electron chi connectivity index (χ4n) is 1.98. The van der Waals surface area contributed by atoms with Crippen LogP contribution in [0.3, 0.4) is 0 Å². The number of unbranched alkanes of at least 4 members (excludes halogenated alkanes) is 5. The highest BCUT2D eigenvalue weighted by Gasteiger charge is 2.12. The number of halogens is 1. The standard InChI is InChI=1S/C15H23ClN2O/c1-2-3-4-5-6-7-11-18-15(19)14-12(16)9-8-10-13(14)17/h8-10H,2-7,11,17H2,1H3,(H,18,19). The van der Waals surface area contributed by atoms with E-state index in [1.165, 1.54) is 25.7 Å². The molecule has 19 heavy (non-hydrogen) atoms. The van der Waals surface area contributed by atoms with Gasteiger partial charge in [-0.15, -0.1) is 0 Å². The van der Waals surface area contributed by atoms with Gasteiger partial charge < -0.3 is 11.1 Å². The van der Waals surface area contributed by atoms with Gasteiger partial charge in [0.05, 0.1) is 10.6 Å². The van der Waals surface area contributed by atoms with Crippen LogP contribution in [0.25, 0.3) is 0 Å². The molecule has 0 aliphatic carbocycles. The maximum Gasteiger partial charge on any atom is 0.254 e. The van der Waals surface area contributed by atoms with Crippen LogP contribution in [0.2, 0.25) is 5.02 Å². The van der Waals surface area contributed by atoms with Crippen molar-refractivity contribution in [3.05, 3.63) is 28.8 Å². The Balaban J connectivity index is 2.28. The summed E-state index contributed by atoms with van der Waals surface area (Å²) in [6.07, 6.45) is 7.21. The van der Waals surface area contributed by atoms with Crippen molar-refractivity contribution in [2.45, 2.75) is 45.4 Å². The van der Waals surface area contributed by atoms with Crippen LogP contribution in [0.4, 0.5) is 5.69 Å². The monoisotopic (exact) mass is 282 g/mol. The third-order valence-electron chi connectivity index (χ3n) is 3.09. The molecule has 3 N–H and O–H groups in total. The number of hydrogen-bond donors (Lipinski definition) is 2. The van der Waals surface area contributed by atoms with E-state index in [-0.39, 0.29) is 5.91 Å². The molecule has 4 heteroatoms. The summed E-state index contributed by atoms with van der Waals surface area (Å²) in [4.78, 5) is 11.9. The highest BCUT2D eigenvalue weighted by Crippen LogP contribution is 2.21. The summed E-state index contributed by atoms with van der Waals surface area (Å²) in [7, 11) is 0. The molecule has 0 bridgehead atoms. The average molecular weight is 283 g/mol. The maximum absolute atomic E-state index is 11.9. The second kappa shape index (κ2) is 8.81. The van der Waals surface area contributed by atoms with Gasteiger partial charge in [-0.3, -0.25) is 4.79 Å². The van der Waals surface area contributed by atoms with E-state index in [2.05, 4.69) is 12.2 Å². The largest absolute Gasteiger partial charge is 0.398 e. The number of anilines is 1. The summed E-state index contributed by atoms with van der Waals surface area (Å²) in [5, 5.41) is 3.27. The summed E-state index contributed by atoms with van der Waals surface area (Å²) >= 11 is 5.98. The molecular formula is C15H23ClN2O. The molecule has 0 aliphatic heterocycles. The Morgan fingerprint density at radius 1 is 1.21 bits per heavy atom. The lowest BCUT2D eigenvalue weighted by Gasteiger charge is -2.09. The zero-order chi connectivity index (χ0) is 14.1. The van der Waals surface area contributed by atoms with E-state index in [9.17, 15) is 4.79 Å². The van der Waals surface area contributed by atoms with Crippen LogP contribution >= 0.6 is 11.6 Å². The minimum Gasteiger partial charge on any atom is -0.398 e. The molecular weight excluding hydrogens is 260 g/mol. The van der Waals surface area contributed by atoms with E-state index in [1.54, 1.807) is 18.2 Å². The summed E-state index contributed by atoms with van der Waals surface area (Å²) in [6, 6.07) is 5.10. The molecule has 106 valence electrons. The Hall–Kier alpha value is -1.22. The lowest BCUT2D eigenvalue weighted by molar-refractivity contribution is 0.0954. The summed E-state index contributed by atoms with van der Waals surface area (Å²) in [5.41, 5.74) is 6.57. The fraction of sp³-hybridized carbons (Fsp3) is 0.533. The van der Waals surface area contributed by atoms with Crippen LogP contribution in [-0.2, 0) is 0 Å². The van der Waals surface area contributed by atoms with E-state index in [1.807, 2.05) is 0 Å². The Bertz CT molecular complexity index is 387. The van der Waals surface area contributed by atoms with Gasteiger partial charge in [0.25, 0.3) is 5.91 Å². The Morgan fingerprint density at radius 3 is 2.58 bits per heavy atom. The Morgan fingerprint density at radius 2 is 1.89 bits per heavy atom. The summed E-state index contributed by atoms with van der Waals surface area (Å²) < 4.78 is 0. The maximum atomic E-state index is 11.9. The number of nitrogen functional groups attached to an aromatic ring is 1. The first-order chi connectivity index (χ1) is 9.16. The minimum atomic E-state index is -0.184. The van der Waals surface area contributed by atoms with E-state index >= 15 is 0 Å². The molecule has 0 aliphatic rings. The number of amides is 1. The molecule has 0 saturated heterocycles. The van der Waals surface area contributed by atoms with Crippen molar-refractivity contribution in [3.63, 3.8) is 0 Å². The van der Waals surface area contributed by atoms with Gasteiger partial charge in [-0.25, -0.2) is 0 Å². The van der Waals surface area contributed by atoms with Gasteiger partial charge in [-0.05, 0) is 18.6 Å². The Kier molecular flexibility index (Phi) is 7.34. The van der Waals surface area contributed by atoms with Crippen LogP contribution in [-0.4, -0.2) is 12.5 Å². The molecule has 0 aromatic heterocycles. The zero-order valence-electron chi connectivity index (χ0n) is 11.5. The molecule has 1 rings (SSSR count). The number of carbonyl (C=O) groups is 1. The SMILES string of the molecule is CCCCCCCCNC(=O)c1c(N)cccc1Cl. The number of carbonyl (C=O) groups excluding carboxylic acids is 1. The van der Waals surface area contributed by atoms with E-state index in [0.717, 1.165) is 12.8 Å². The van der Waals surface area contributed by atoms with Gasteiger partial charge in [-0.1, -0.05) is 56.7 Å². The minimum absolute atomic E-state index is 0.184. The van der Waals surface area contributed by atoms with E-state index in [0.29, 0.717) is 22.8 Å². The van der Waals surface area contributed by atoms with Gasteiger partial charge in [0.1, 0.15) is 0 Å². The van der Waals surface area contributed by atoms with Gasteiger partial charge in [0.15, 0.2) is 0 Å². The molecule has 0 radical (unpaired) electrons. The van der Waals surface area contributed by atoms with Crippen LogP contribution < -0.4 is 11.1 Å². The number of nitrogens with two attached hydrogens (primary N) is 1. The molecule has 0 heterocycles. The highest BCUT2D eigenvalue weighted by molar-refractivity contribution is 6.34. The quantitative estimate of drug-likeness (QED) is 0.559. The Labute approximate surface area is 120 Å². The highest BCUT2D eigenvalue weighted by atomic mass is 35.5. The second-order valence-electron chi connectivity index (χ2n) is 4.73. The first-order valence-electron chi connectivity index (χ1n) is 6.99. The van der Waals surface area contributed by atoms with Gasteiger partial charge in [0.2, 0.25) is 0 Å². The van der Waals surface area contributed by atoms with Crippen molar-refractivity contribution >= 4 is 23.2 Å². The lowest BCUT2D eigenvalue weighted by Crippen LogP contribution is -2.25. The predicted molar refractivity (Wildman–Crippen MR) is 81.6 cm³/mol. The first kappa shape index (κ1) is 15.8. The third-order valence-corrected chi connectivity index (χ3v) is 3.40. The molecule has 3 nitrogen and oxygen atoms in total. The third kappa shape index (κ3) is 5.52. The summed E-state index contributed by atoms with van der Waals surface area (Å²) in [5.74, 6) is -0.184. The first-order valence-corrected chi connectivity index (χ1v) is 7.36. The molecule has 0 unspecified atom stereocenters. The normalized spacial score (nSPS) is 10.4. The second-order valence-corrected chi connectivity index (χ2v) is 5.13. The number of rotatable bonds is 8. The summed E-state index contributed by atoms with van der Waals surface area (Å²) in [6.45, 7) is 2.88.